The Hall–Kier alpha value is -3.67. The molecule has 24 heavy (non-hydrogen) atoms. The minimum Gasteiger partial charge on any atom is -0.478 e. The highest BCUT2D eigenvalue weighted by Crippen LogP contribution is 2.35. The maximum Gasteiger partial charge on any atom is 0.375 e. The van der Waals surface area contributed by atoms with E-state index < -0.39 is 23.8 Å². The number of carboxylic acid groups (broad SMARTS) is 2. The molecule has 2 heterocycles. The summed E-state index contributed by atoms with van der Waals surface area (Å²) in [5, 5.41) is 34.2. The van der Waals surface area contributed by atoms with Crippen LogP contribution in [0.4, 0.5) is 5.95 Å². The number of hydrogen-bond acceptors (Lipinski definition) is 6. The van der Waals surface area contributed by atoms with E-state index in [9.17, 15) is 14.7 Å². The summed E-state index contributed by atoms with van der Waals surface area (Å²) < 4.78 is 1.22. The van der Waals surface area contributed by atoms with Gasteiger partial charge in [-0.15, -0.1) is 5.10 Å². The summed E-state index contributed by atoms with van der Waals surface area (Å²) in [6.07, 6.45) is 0. The third-order valence-electron chi connectivity index (χ3n) is 3.63. The van der Waals surface area contributed by atoms with Crippen LogP contribution in [0.1, 0.15) is 34.7 Å². The minimum absolute atomic E-state index is 0.0223. The Bertz CT molecular complexity index is 920. The summed E-state index contributed by atoms with van der Waals surface area (Å²) in [6, 6.07) is 7.46. The summed E-state index contributed by atoms with van der Waals surface area (Å²) in [7, 11) is 0. The van der Waals surface area contributed by atoms with Gasteiger partial charge in [0.25, 0.3) is 5.82 Å². The fraction of sp³-hybridized carbons (Fsp3) is 0.133. The molecule has 0 aliphatic carbocycles. The number of nitrogens with zero attached hydrogens (tertiary/aromatic N) is 4. The van der Waals surface area contributed by atoms with Gasteiger partial charge in [0.2, 0.25) is 5.95 Å². The Morgan fingerprint density at radius 3 is 2.46 bits per heavy atom. The number of carboxylic acids is 2. The maximum atomic E-state index is 11.7. The van der Waals surface area contributed by atoms with Crippen LogP contribution in [0.25, 0.3) is 0 Å². The number of anilines is 1. The first-order chi connectivity index (χ1) is 11.4. The lowest BCUT2D eigenvalue weighted by atomic mass is 9.95. The van der Waals surface area contributed by atoms with Crippen LogP contribution in [-0.4, -0.2) is 36.9 Å². The van der Waals surface area contributed by atoms with Crippen molar-refractivity contribution in [2.45, 2.75) is 13.0 Å². The van der Waals surface area contributed by atoms with Crippen molar-refractivity contribution in [3.8, 4) is 6.07 Å². The summed E-state index contributed by atoms with van der Waals surface area (Å²) in [4.78, 5) is 26.7. The van der Waals surface area contributed by atoms with E-state index in [1.807, 2.05) is 6.07 Å². The average molecular weight is 325 g/mol. The Kier molecular flexibility index (Phi) is 3.50. The van der Waals surface area contributed by atoms with Crippen LogP contribution in [0.15, 0.2) is 35.5 Å². The van der Waals surface area contributed by atoms with Gasteiger partial charge in [0.1, 0.15) is 6.04 Å². The number of aromatic carboxylic acids is 1. The third kappa shape index (κ3) is 2.36. The molecule has 2 aromatic rings. The largest absolute Gasteiger partial charge is 0.478 e. The second kappa shape index (κ2) is 5.51. The van der Waals surface area contributed by atoms with Crippen LogP contribution in [-0.2, 0) is 4.79 Å². The lowest BCUT2D eigenvalue weighted by Gasteiger charge is -2.27. The van der Waals surface area contributed by atoms with E-state index in [0.29, 0.717) is 16.8 Å². The molecule has 0 radical (unpaired) electrons. The minimum atomic E-state index is -1.31. The molecule has 0 fully saturated rings. The lowest BCUT2D eigenvalue weighted by Crippen LogP contribution is -2.28. The number of fused-ring (bicyclic) bond motifs is 1. The zero-order valence-corrected chi connectivity index (χ0v) is 12.4. The normalized spacial score (nSPS) is 16.1. The number of allylic oxidation sites excluding steroid dienone is 1. The van der Waals surface area contributed by atoms with Crippen LogP contribution in [0, 0.1) is 11.3 Å². The van der Waals surface area contributed by atoms with Crippen LogP contribution < -0.4 is 5.32 Å². The summed E-state index contributed by atoms with van der Waals surface area (Å²) in [6.45, 7) is 1.57. The highest BCUT2D eigenvalue weighted by molar-refractivity contribution is 5.91. The molecule has 9 nitrogen and oxygen atoms in total. The van der Waals surface area contributed by atoms with Crippen molar-refractivity contribution in [2.24, 2.45) is 0 Å². The molecule has 1 aromatic heterocycles. The SMILES string of the molecule is CC1=C(C(=O)O)C(c2ccc(C#N)cc2)n2nc(C(=O)O)nc2N1. The summed E-state index contributed by atoms with van der Waals surface area (Å²) in [5.74, 6) is -2.76. The molecule has 3 rings (SSSR count). The Labute approximate surface area is 135 Å². The van der Waals surface area contributed by atoms with E-state index in [1.54, 1.807) is 31.2 Å². The van der Waals surface area contributed by atoms with E-state index in [-0.39, 0.29) is 11.5 Å². The molecule has 0 saturated carbocycles. The van der Waals surface area contributed by atoms with Crippen molar-refractivity contribution in [3.05, 3.63) is 52.5 Å². The fourth-order valence-corrected chi connectivity index (χ4v) is 2.57. The molecule has 1 aromatic carbocycles. The number of nitrogens with one attached hydrogen (secondary N) is 1. The molecule has 0 bridgehead atoms. The van der Waals surface area contributed by atoms with Crippen molar-refractivity contribution in [3.63, 3.8) is 0 Å². The topological polar surface area (TPSA) is 141 Å². The Morgan fingerprint density at radius 2 is 1.92 bits per heavy atom. The quantitative estimate of drug-likeness (QED) is 0.765. The van der Waals surface area contributed by atoms with Gasteiger partial charge in [-0.2, -0.15) is 10.2 Å². The monoisotopic (exact) mass is 325 g/mol. The molecular formula is C15H11N5O4. The number of carbonyl (C=O) groups is 2. The number of aliphatic carboxylic acids is 1. The molecule has 3 N–H and O–H groups in total. The van der Waals surface area contributed by atoms with E-state index >= 15 is 0 Å². The lowest BCUT2D eigenvalue weighted by molar-refractivity contribution is -0.133. The maximum absolute atomic E-state index is 11.7. The average Bonchev–Trinajstić information content (AvgIpc) is 2.97. The van der Waals surface area contributed by atoms with Crippen LogP contribution in [0.3, 0.4) is 0 Å². The third-order valence-corrected chi connectivity index (χ3v) is 3.63. The number of nitriles is 1. The first-order valence-electron chi connectivity index (χ1n) is 6.83. The summed E-state index contributed by atoms with van der Waals surface area (Å²) >= 11 is 0. The number of rotatable bonds is 3. The molecule has 1 aliphatic heterocycles. The molecular weight excluding hydrogens is 314 g/mol. The van der Waals surface area contributed by atoms with Gasteiger partial charge in [-0.3, -0.25) is 0 Å². The van der Waals surface area contributed by atoms with Gasteiger partial charge in [0.15, 0.2) is 0 Å². The first-order valence-corrected chi connectivity index (χ1v) is 6.83. The summed E-state index contributed by atoms with van der Waals surface area (Å²) in [5.41, 5.74) is 1.34. The second-order valence-electron chi connectivity index (χ2n) is 5.11. The first kappa shape index (κ1) is 15.2. The molecule has 0 amide bonds. The van der Waals surface area contributed by atoms with Gasteiger partial charge in [-0.25, -0.2) is 14.3 Å². The van der Waals surface area contributed by atoms with Crippen LogP contribution >= 0.6 is 0 Å². The van der Waals surface area contributed by atoms with Crippen LogP contribution in [0.5, 0.6) is 0 Å². The van der Waals surface area contributed by atoms with Gasteiger partial charge in [-0.05, 0) is 24.6 Å². The molecule has 1 atom stereocenters. The van der Waals surface area contributed by atoms with Crippen molar-refractivity contribution in [1.82, 2.24) is 14.8 Å². The van der Waals surface area contributed by atoms with Crippen molar-refractivity contribution >= 4 is 17.9 Å². The fourth-order valence-electron chi connectivity index (χ4n) is 2.57. The predicted octanol–water partition coefficient (Wildman–Crippen LogP) is 1.22. The standard InChI is InChI=1S/C15H11N5O4/c1-7-10(13(21)22)11(9-4-2-8(6-16)3-5-9)20-15(17-7)18-12(19-20)14(23)24/h2-5,11H,1H3,(H,21,22)(H,23,24)(H,17,18,19). The van der Waals surface area contributed by atoms with Crippen molar-refractivity contribution in [1.29, 1.82) is 5.26 Å². The van der Waals surface area contributed by atoms with Gasteiger partial charge >= 0.3 is 11.9 Å². The zero-order valence-electron chi connectivity index (χ0n) is 12.4. The second-order valence-corrected chi connectivity index (χ2v) is 5.11. The van der Waals surface area contributed by atoms with Gasteiger partial charge in [0, 0.05) is 5.70 Å². The smallest absolute Gasteiger partial charge is 0.375 e. The van der Waals surface area contributed by atoms with Gasteiger partial charge in [0.05, 0.1) is 17.2 Å². The van der Waals surface area contributed by atoms with E-state index in [4.69, 9.17) is 10.4 Å². The molecule has 0 spiro atoms. The van der Waals surface area contributed by atoms with Gasteiger partial charge in [-0.1, -0.05) is 12.1 Å². The highest BCUT2D eigenvalue weighted by atomic mass is 16.4. The van der Waals surface area contributed by atoms with Gasteiger partial charge < -0.3 is 15.5 Å². The van der Waals surface area contributed by atoms with E-state index in [2.05, 4.69) is 15.4 Å². The van der Waals surface area contributed by atoms with Crippen molar-refractivity contribution < 1.29 is 19.8 Å². The molecule has 1 aliphatic rings. The molecule has 9 heteroatoms. The predicted molar refractivity (Wildman–Crippen MR) is 80.2 cm³/mol. The number of benzene rings is 1. The zero-order chi connectivity index (χ0) is 17.4. The number of hydrogen-bond donors (Lipinski definition) is 3. The number of aromatic nitrogens is 3. The molecule has 0 saturated heterocycles. The highest BCUT2D eigenvalue weighted by Gasteiger charge is 2.34. The van der Waals surface area contributed by atoms with E-state index in [0.717, 1.165) is 0 Å². The Balaban J connectivity index is 2.20. The molecule has 120 valence electrons. The van der Waals surface area contributed by atoms with E-state index in [1.165, 1.54) is 4.68 Å². The van der Waals surface area contributed by atoms with Crippen LogP contribution in [0.2, 0.25) is 0 Å². The molecule has 1 unspecified atom stereocenters. The van der Waals surface area contributed by atoms with Crippen molar-refractivity contribution in [2.75, 3.05) is 5.32 Å². The Morgan fingerprint density at radius 1 is 1.25 bits per heavy atom.